The summed E-state index contributed by atoms with van der Waals surface area (Å²) in [7, 11) is 0. The third-order valence-electron chi connectivity index (χ3n) is 3.67. The molecule has 1 N–H and O–H groups in total. The number of carbonyl (C=O) groups excluding carboxylic acids is 1. The van der Waals surface area contributed by atoms with Gasteiger partial charge in [0.2, 0.25) is 0 Å². The van der Waals surface area contributed by atoms with Gasteiger partial charge in [0.1, 0.15) is 0 Å². The molecule has 0 saturated carbocycles. The minimum Gasteiger partial charge on any atom is -0.359 e. The molecular formula is C18H16ClNO. The van der Waals surface area contributed by atoms with Crippen LogP contribution in [0.5, 0.6) is 0 Å². The van der Waals surface area contributed by atoms with E-state index in [9.17, 15) is 4.79 Å². The molecule has 0 aliphatic heterocycles. The Hall–Kier alpha value is -2.06. The van der Waals surface area contributed by atoms with Crippen LogP contribution in [0.4, 0.5) is 5.69 Å². The first-order chi connectivity index (χ1) is 10.2. The van der Waals surface area contributed by atoms with E-state index in [-0.39, 0.29) is 11.7 Å². The van der Waals surface area contributed by atoms with Crippen molar-refractivity contribution in [2.45, 2.75) is 18.8 Å². The molecule has 106 valence electrons. The van der Waals surface area contributed by atoms with E-state index < -0.39 is 0 Å². The van der Waals surface area contributed by atoms with E-state index in [1.54, 1.807) is 6.08 Å². The molecule has 2 aromatic carbocycles. The number of anilines is 1. The fourth-order valence-electron chi connectivity index (χ4n) is 2.66. The first-order valence-corrected chi connectivity index (χ1v) is 7.39. The summed E-state index contributed by atoms with van der Waals surface area (Å²) < 4.78 is 0. The average Bonchev–Trinajstić information content (AvgIpc) is 2.48. The molecule has 0 fully saturated rings. The second-order valence-corrected chi connectivity index (χ2v) is 5.72. The van der Waals surface area contributed by atoms with Gasteiger partial charge in [-0.25, -0.2) is 0 Å². The normalized spacial score (nSPS) is 18.2. The summed E-state index contributed by atoms with van der Waals surface area (Å²) in [6.45, 7) is 0. The number of para-hydroxylation sites is 1. The Balaban J connectivity index is 1.77. The number of halogens is 1. The lowest BCUT2D eigenvalue weighted by Gasteiger charge is -2.23. The summed E-state index contributed by atoms with van der Waals surface area (Å²) in [6.07, 6.45) is 3.11. The van der Waals surface area contributed by atoms with Crippen LogP contribution in [0.1, 0.15) is 24.3 Å². The Labute approximate surface area is 129 Å². The minimum atomic E-state index is 0.166. The first kappa shape index (κ1) is 13.9. The summed E-state index contributed by atoms with van der Waals surface area (Å²) in [5.74, 6) is 0.380. The lowest BCUT2D eigenvalue weighted by atomic mass is 9.85. The van der Waals surface area contributed by atoms with Crippen molar-refractivity contribution in [3.05, 3.63) is 77.0 Å². The molecule has 3 rings (SSSR count). The highest BCUT2D eigenvalue weighted by molar-refractivity contribution is 6.30. The summed E-state index contributed by atoms with van der Waals surface area (Å²) in [6, 6.07) is 17.7. The van der Waals surface area contributed by atoms with Gasteiger partial charge in [-0.1, -0.05) is 41.9 Å². The van der Waals surface area contributed by atoms with Crippen LogP contribution in [0.3, 0.4) is 0 Å². The highest BCUT2D eigenvalue weighted by Gasteiger charge is 2.22. The number of hydrogen-bond acceptors (Lipinski definition) is 2. The molecule has 0 saturated heterocycles. The summed E-state index contributed by atoms with van der Waals surface area (Å²) >= 11 is 5.92. The summed E-state index contributed by atoms with van der Waals surface area (Å²) in [5, 5.41) is 4.06. The molecule has 0 heterocycles. The van der Waals surface area contributed by atoms with Crippen LogP contribution < -0.4 is 5.32 Å². The van der Waals surface area contributed by atoms with Crippen LogP contribution in [-0.2, 0) is 4.79 Å². The van der Waals surface area contributed by atoms with E-state index in [1.807, 2.05) is 54.6 Å². The quantitative estimate of drug-likeness (QED) is 0.883. The molecule has 1 aliphatic rings. The predicted molar refractivity (Wildman–Crippen MR) is 86.6 cm³/mol. The van der Waals surface area contributed by atoms with Gasteiger partial charge in [-0.05, 0) is 42.2 Å². The van der Waals surface area contributed by atoms with Crippen molar-refractivity contribution in [3.63, 3.8) is 0 Å². The Bertz CT molecular complexity index is 661. The van der Waals surface area contributed by atoms with Crippen LogP contribution >= 0.6 is 11.6 Å². The number of rotatable bonds is 3. The average molecular weight is 298 g/mol. The largest absolute Gasteiger partial charge is 0.359 e. The molecule has 21 heavy (non-hydrogen) atoms. The third-order valence-corrected chi connectivity index (χ3v) is 3.92. The van der Waals surface area contributed by atoms with Gasteiger partial charge >= 0.3 is 0 Å². The van der Waals surface area contributed by atoms with Crippen molar-refractivity contribution in [2.24, 2.45) is 0 Å². The number of carbonyl (C=O) groups is 1. The van der Waals surface area contributed by atoms with Crippen molar-refractivity contribution >= 4 is 23.1 Å². The standard InChI is InChI=1S/C18H16ClNO/c19-15-8-6-13(7-9-15)14-10-17(12-18(21)11-14)20-16-4-2-1-3-5-16/h1-9,12,14,20H,10-11H2. The zero-order valence-electron chi connectivity index (χ0n) is 11.6. The maximum Gasteiger partial charge on any atom is 0.158 e. The van der Waals surface area contributed by atoms with Crippen LogP contribution in [0.15, 0.2) is 66.4 Å². The van der Waals surface area contributed by atoms with Crippen molar-refractivity contribution < 1.29 is 4.79 Å². The lowest BCUT2D eigenvalue weighted by Crippen LogP contribution is -2.16. The van der Waals surface area contributed by atoms with E-state index >= 15 is 0 Å². The van der Waals surface area contributed by atoms with Gasteiger partial charge in [0.15, 0.2) is 5.78 Å². The third kappa shape index (κ3) is 3.53. The minimum absolute atomic E-state index is 0.166. The van der Waals surface area contributed by atoms with Crippen LogP contribution in [0.2, 0.25) is 5.02 Å². The van der Waals surface area contributed by atoms with E-state index in [0.29, 0.717) is 6.42 Å². The van der Waals surface area contributed by atoms with Gasteiger partial charge in [0, 0.05) is 28.9 Å². The number of nitrogens with one attached hydrogen (secondary N) is 1. The lowest BCUT2D eigenvalue weighted by molar-refractivity contribution is -0.115. The van der Waals surface area contributed by atoms with Crippen LogP contribution in [0.25, 0.3) is 0 Å². The van der Waals surface area contributed by atoms with E-state index in [1.165, 1.54) is 0 Å². The number of hydrogen-bond donors (Lipinski definition) is 1. The van der Waals surface area contributed by atoms with E-state index in [0.717, 1.165) is 28.4 Å². The van der Waals surface area contributed by atoms with Crippen molar-refractivity contribution in [1.29, 1.82) is 0 Å². The van der Waals surface area contributed by atoms with E-state index in [2.05, 4.69) is 5.32 Å². The zero-order valence-corrected chi connectivity index (χ0v) is 12.3. The van der Waals surface area contributed by atoms with Crippen molar-refractivity contribution in [3.8, 4) is 0 Å². The zero-order chi connectivity index (χ0) is 14.7. The van der Waals surface area contributed by atoms with Crippen molar-refractivity contribution in [1.82, 2.24) is 0 Å². The maximum atomic E-state index is 12.0. The summed E-state index contributed by atoms with van der Waals surface area (Å²) in [5.41, 5.74) is 3.14. The van der Waals surface area contributed by atoms with Gasteiger partial charge in [-0.2, -0.15) is 0 Å². The second kappa shape index (κ2) is 6.15. The molecule has 0 aromatic heterocycles. The van der Waals surface area contributed by atoms with Gasteiger partial charge < -0.3 is 5.32 Å². The smallest absolute Gasteiger partial charge is 0.158 e. The molecule has 2 aromatic rings. The monoisotopic (exact) mass is 297 g/mol. The van der Waals surface area contributed by atoms with E-state index in [4.69, 9.17) is 11.6 Å². The number of benzene rings is 2. The topological polar surface area (TPSA) is 29.1 Å². The highest BCUT2D eigenvalue weighted by atomic mass is 35.5. The van der Waals surface area contributed by atoms with Crippen molar-refractivity contribution in [2.75, 3.05) is 5.32 Å². The van der Waals surface area contributed by atoms with Gasteiger partial charge in [0.05, 0.1) is 0 Å². The molecule has 0 bridgehead atoms. The number of ketones is 1. The number of allylic oxidation sites excluding steroid dienone is 2. The molecular weight excluding hydrogens is 282 g/mol. The summed E-state index contributed by atoms with van der Waals surface area (Å²) in [4.78, 5) is 12.0. The Morgan fingerprint density at radius 3 is 2.38 bits per heavy atom. The highest BCUT2D eigenvalue weighted by Crippen LogP contribution is 2.32. The van der Waals surface area contributed by atoms with Gasteiger partial charge in [0.25, 0.3) is 0 Å². The maximum absolute atomic E-state index is 12.0. The molecule has 0 spiro atoms. The van der Waals surface area contributed by atoms with Gasteiger partial charge in [-0.3, -0.25) is 4.79 Å². The molecule has 3 heteroatoms. The van der Waals surface area contributed by atoms with Crippen LogP contribution in [-0.4, -0.2) is 5.78 Å². The molecule has 0 amide bonds. The fraction of sp³-hybridized carbons (Fsp3) is 0.167. The Morgan fingerprint density at radius 1 is 0.952 bits per heavy atom. The van der Waals surface area contributed by atoms with Crippen LogP contribution in [0, 0.1) is 0 Å². The molecule has 1 atom stereocenters. The molecule has 1 aliphatic carbocycles. The SMILES string of the molecule is O=C1C=C(Nc2ccccc2)CC(c2ccc(Cl)cc2)C1. The van der Waals surface area contributed by atoms with Gasteiger partial charge in [-0.15, -0.1) is 0 Å². The Kier molecular flexibility index (Phi) is 4.07. The fourth-order valence-corrected chi connectivity index (χ4v) is 2.78. The molecule has 2 nitrogen and oxygen atoms in total. The molecule has 0 radical (unpaired) electrons. The first-order valence-electron chi connectivity index (χ1n) is 7.01. The molecule has 1 unspecified atom stereocenters. The predicted octanol–water partition coefficient (Wildman–Crippen LogP) is 4.78. The Morgan fingerprint density at radius 2 is 1.67 bits per heavy atom. The second-order valence-electron chi connectivity index (χ2n) is 5.28.